The number of carbonyl (C=O) groups is 1. The molecule has 29 heavy (non-hydrogen) atoms. The lowest BCUT2D eigenvalue weighted by atomic mass is 10.1. The van der Waals surface area contributed by atoms with Crippen molar-refractivity contribution in [1.82, 2.24) is 9.88 Å². The van der Waals surface area contributed by atoms with Gasteiger partial charge in [0.15, 0.2) is 17.6 Å². The van der Waals surface area contributed by atoms with E-state index in [1.54, 1.807) is 4.90 Å². The molecule has 2 heterocycles. The van der Waals surface area contributed by atoms with Crippen LogP contribution in [-0.4, -0.2) is 55.7 Å². The van der Waals surface area contributed by atoms with Crippen LogP contribution in [0.1, 0.15) is 17.4 Å². The standard InChI is InChI=1S/C23H25N3O3/c1-4-26(14-16-15-28-21-11-7-8-12-22(21)29-16)23(27)19-13-20(25(2)3)17-9-5-6-10-18(17)24-19/h5-13,16H,4,14-15H2,1-3H3/t16-/m1/s1. The van der Waals surface area contributed by atoms with Gasteiger partial charge >= 0.3 is 0 Å². The lowest BCUT2D eigenvalue weighted by molar-refractivity contribution is 0.0471. The van der Waals surface area contributed by atoms with E-state index in [1.807, 2.05) is 80.5 Å². The maximum atomic E-state index is 13.3. The molecule has 0 saturated heterocycles. The van der Waals surface area contributed by atoms with Crippen molar-refractivity contribution in [3.8, 4) is 11.5 Å². The largest absolute Gasteiger partial charge is 0.486 e. The number of amides is 1. The minimum atomic E-state index is -0.220. The zero-order valence-electron chi connectivity index (χ0n) is 17.0. The molecule has 0 unspecified atom stereocenters. The fourth-order valence-corrected chi connectivity index (χ4v) is 3.55. The van der Waals surface area contributed by atoms with Gasteiger partial charge in [-0.1, -0.05) is 30.3 Å². The van der Waals surface area contributed by atoms with Gasteiger partial charge < -0.3 is 19.3 Å². The molecule has 1 atom stereocenters. The maximum Gasteiger partial charge on any atom is 0.272 e. The molecule has 6 heteroatoms. The number of hydrogen-bond donors (Lipinski definition) is 0. The molecular formula is C23H25N3O3. The van der Waals surface area contributed by atoms with Gasteiger partial charge in [0, 0.05) is 31.7 Å². The van der Waals surface area contributed by atoms with Crippen LogP contribution in [0.25, 0.3) is 10.9 Å². The molecule has 1 amide bonds. The predicted molar refractivity (Wildman–Crippen MR) is 114 cm³/mol. The molecule has 6 nitrogen and oxygen atoms in total. The highest BCUT2D eigenvalue weighted by molar-refractivity contribution is 6.00. The minimum Gasteiger partial charge on any atom is -0.486 e. The number of pyridine rings is 1. The topological polar surface area (TPSA) is 54.9 Å². The molecule has 1 aliphatic rings. The van der Waals surface area contributed by atoms with Crippen LogP contribution in [0, 0.1) is 0 Å². The van der Waals surface area contributed by atoms with Gasteiger partial charge in [-0.3, -0.25) is 4.79 Å². The van der Waals surface area contributed by atoms with E-state index in [0.717, 1.165) is 22.3 Å². The van der Waals surface area contributed by atoms with Crippen LogP contribution in [0.15, 0.2) is 54.6 Å². The Morgan fingerprint density at radius 2 is 1.83 bits per heavy atom. The monoisotopic (exact) mass is 391 g/mol. The summed E-state index contributed by atoms with van der Waals surface area (Å²) in [6, 6.07) is 17.3. The number of rotatable bonds is 5. The van der Waals surface area contributed by atoms with Crippen molar-refractivity contribution in [2.75, 3.05) is 38.7 Å². The van der Waals surface area contributed by atoms with Crippen molar-refractivity contribution in [3.05, 3.63) is 60.3 Å². The highest BCUT2D eigenvalue weighted by Crippen LogP contribution is 2.31. The Morgan fingerprint density at radius 3 is 2.59 bits per heavy atom. The summed E-state index contributed by atoms with van der Waals surface area (Å²) in [6.07, 6.45) is -0.220. The van der Waals surface area contributed by atoms with E-state index in [9.17, 15) is 4.79 Å². The minimum absolute atomic E-state index is 0.108. The van der Waals surface area contributed by atoms with Gasteiger partial charge in [0.05, 0.1) is 12.1 Å². The van der Waals surface area contributed by atoms with Crippen molar-refractivity contribution in [1.29, 1.82) is 0 Å². The van der Waals surface area contributed by atoms with Crippen LogP contribution in [0.5, 0.6) is 11.5 Å². The Balaban J connectivity index is 1.58. The van der Waals surface area contributed by atoms with Crippen molar-refractivity contribution in [2.45, 2.75) is 13.0 Å². The number of carbonyl (C=O) groups excluding carboxylic acids is 1. The van der Waals surface area contributed by atoms with Gasteiger partial charge in [-0.25, -0.2) is 4.98 Å². The maximum absolute atomic E-state index is 13.3. The SMILES string of the molecule is CCN(C[C@@H]1COc2ccccc2O1)C(=O)c1cc(N(C)C)c2ccccc2n1. The summed E-state index contributed by atoms with van der Waals surface area (Å²) in [7, 11) is 3.94. The Morgan fingerprint density at radius 1 is 1.10 bits per heavy atom. The van der Waals surface area contributed by atoms with Crippen LogP contribution in [0.3, 0.4) is 0 Å². The van der Waals surface area contributed by atoms with Gasteiger partial charge in [-0.05, 0) is 31.2 Å². The fourth-order valence-electron chi connectivity index (χ4n) is 3.55. The van der Waals surface area contributed by atoms with Gasteiger partial charge in [0.25, 0.3) is 5.91 Å². The molecule has 0 aliphatic carbocycles. The summed E-state index contributed by atoms with van der Waals surface area (Å²) in [4.78, 5) is 21.7. The molecule has 0 spiro atoms. The van der Waals surface area contributed by atoms with Crippen molar-refractivity contribution in [2.24, 2.45) is 0 Å². The van der Waals surface area contributed by atoms with E-state index in [-0.39, 0.29) is 12.0 Å². The van der Waals surface area contributed by atoms with E-state index < -0.39 is 0 Å². The number of para-hydroxylation sites is 3. The van der Waals surface area contributed by atoms with E-state index in [2.05, 4.69) is 4.98 Å². The number of fused-ring (bicyclic) bond motifs is 2. The normalized spacial score (nSPS) is 15.2. The fraction of sp³-hybridized carbons (Fsp3) is 0.304. The molecule has 1 aromatic heterocycles. The second-order valence-electron chi connectivity index (χ2n) is 7.28. The van der Waals surface area contributed by atoms with Crippen LogP contribution in [0.4, 0.5) is 5.69 Å². The highest BCUT2D eigenvalue weighted by Gasteiger charge is 2.26. The summed E-state index contributed by atoms with van der Waals surface area (Å²) in [5, 5.41) is 1.03. The number of ether oxygens (including phenoxy) is 2. The average molecular weight is 391 g/mol. The van der Waals surface area contributed by atoms with E-state index in [4.69, 9.17) is 9.47 Å². The first-order valence-corrected chi connectivity index (χ1v) is 9.81. The first-order chi connectivity index (χ1) is 14.1. The van der Waals surface area contributed by atoms with Crippen molar-refractivity contribution >= 4 is 22.5 Å². The molecule has 0 N–H and O–H groups in total. The number of likely N-dealkylation sites (N-methyl/N-ethyl adjacent to an activating group) is 1. The molecule has 4 rings (SSSR count). The van der Waals surface area contributed by atoms with Gasteiger partial charge in [0.2, 0.25) is 0 Å². The number of anilines is 1. The van der Waals surface area contributed by atoms with Crippen molar-refractivity contribution < 1.29 is 14.3 Å². The molecule has 2 aromatic carbocycles. The van der Waals surface area contributed by atoms with Crippen LogP contribution in [-0.2, 0) is 0 Å². The van der Waals surface area contributed by atoms with Crippen LogP contribution in [0.2, 0.25) is 0 Å². The zero-order valence-corrected chi connectivity index (χ0v) is 17.0. The Bertz CT molecular complexity index is 1030. The van der Waals surface area contributed by atoms with Gasteiger partial charge in [-0.2, -0.15) is 0 Å². The summed E-state index contributed by atoms with van der Waals surface area (Å²) >= 11 is 0. The van der Waals surface area contributed by atoms with Crippen molar-refractivity contribution in [3.63, 3.8) is 0 Å². The van der Waals surface area contributed by atoms with E-state index >= 15 is 0 Å². The smallest absolute Gasteiger partial charge is 0.272 e. The molecule has 0 saturated carbocycles. The summed E-state index contributed by atoms with van der Waals surface area (Å²) in [5.41, 5.74) is 2.22. The second kappa shape index (κ2) is 7.99. The number of nitrogens with zero attached hydrogens (tertiary/aromatic N) is 3. The second-order valence-corrected chi connectivity index (χ2v) is 7.28. The summed E-state index contributed by atoms with van der Waals surface area (Å²) < 4.78 is 11.8. The van der Waals surface area contributed by atoms with Crippen LogP contribution >= 0.6 is 0 Å². The summed E-state index contributed by atoms with van der Waals surface area (Å²) in [5.74, 6) is 1.35. The molecule has 150 valence electrons. The number of benzene rings is 2. The zero-order chi connectivity index (χ0) is 20.4. The molecular weight excluding hydrogens is 366 g/mol. The van der Waals surface area contributed by atoms with Gasteiger partial charge in [-0.15, -0.1) is 0 Å². The molecule has 3 aromatic rings. The van der Waals surface area contributed by atoms with Gasteiger partial charge in [0.1, 0.15) is 12.3 Å². The lowest BCUT2D eigenvalue weighted by Crippen LogP contribution is -2.43. The van der Waals surface area contributed by atoms with E-state index in [1.165, 1.54) is 0 Å². The Hall–Kier alpha value is -3.28. The molecule has 1 aliphatic heterocycles. The number of aromatic nitrogens is 1. The highest BCUT2D eigenvalue weighted by atomic mass is 16.6. The molecule has 0 radical (unpaired) electrons. The van der Waals surface area contributed by atoms with Crippen LogP contribution < -0.4 is 14.4 Å². The Kier molecular flexibility index (Phi) is 5.25. The Labute approximate surface area is 170 Å². The third kappa shape index (κ3) is 3.83. The number of hydrogen-bond acceptors (Lipinski definition) is 5. The molecule has 0 fully saturated rings. The predicted octanol–water partition coefficient (Wildman–Crippen LogP) is 3.60. The average Bonchev–Trinajstić information content (AvgIpc) is 2.76. The third-order valence-corrected chi connectivity index (χ3v) is 5.06. The summed E-state index contributed by atoms with van der Waals surface area (Å²) in [6.45, 7) is 3.37. The molecule has 0 bridgehead atoms. The lowest BCUT2D eigenvalue weighted by Gasteiger charge is -2.31. The quantitative estimate of drug-likeness (QED) is 0.665. The van der Waals surface area contributed by atoms with E-state index in [0.29, 0.717) is 31.1 Å². The third-order valence-electron chi connectivity index (χ3n) is 5.06. The first kappa shape index (κ1) is 19.1. The first-order valence-electron chi connectivity index (χ1n) is 9.81.